The molecule has 1 atom stereocenters. The molecule has 2 N–H and O–H groups in total. The van der Waals surface area contributed by atoms with Crippen LogP contribution in [0.3, 0.4) is 0 Å². The van der Waals surface area contributed by atoms with E-state index in [4.69, 9.17) is 14.6 Å². The van der Waals surface area contributed by atoms with Gasteiger partial charge in [0.05, 0.1) is 0 Å². The molecule has 0 bridgehead atoms. The van der Waals surface area contributed by atoms with Crippen molar-refractivity contribution in [1.29, 1.82) is 0 Å². The lowest BCUT2D eigenvalue weighted by molar-refractivity contribution is -0.139. The summed E-state index contributed by atoms with van der Waals surface area (Å²) in [7, 11) is 0. The smallest absolute Gasteiger partial charge is 0.326 e. The summed E-state index contributed by atoms with van der Waals surface area (Å²) < 4.78 is 11.0. The second-order valence-electron chi connectivity index (χ2n) is 5.55. The van der Waals surface area contributed by atoms with Crippen LogP contribution in [-0.2, 0) is 4.79 Å². The highest BCUT2D eigenvalue weighted by Gasteiger charge is 2.21. The average molecular weight is 362 g/mol. The topological polar surface area (TPSA) is 97.8 Å². The molecule has 1 aliphatic rings. The van der Waals surface area contributed by atoms with Crippen molar-refractivity contribution in [2.45, 2.75) is 25.8 Å². The second-order valence-corrected chi connectivity index (χ2v) is 6.41. The Bertz CT molecular complexity index is 789. The average Bonchev–Trinajstić information content (AvgIpc) is 3.11. The predicted molar refractivity (Wildman–Crippen MR) is 92.3 cm³/mol. The minimum atomic E-state index is -1.04. The molecule has 0 fully saturated rings. The first-order valence-corrected chi connectivity index (χ1v) is 8.85. The van der Waals surface area contributed by atoms with Crippen LogP contribution in [0, 0.1) is 0 Å². The highest BCUT2D eigenvalue weighted by atomic mass is 32.1. The monoisotopic (exact) mass is 362 g/mol. The Balaban J connectivity index is 1.75. The lowest BCUT2D eigenvalue weighted by atomic mass is 10.1. The number of hydrogen-bond acceptors (Lipinski definition) is 6. The summed E-state index contributed by atoms with van der Waals surface area (Å²) in [5, 5.41) is 13.9. The summed E-state index contributed by atoms with van der Waals surface area (Å²) >= 11 is 1.31. The predicted octanol–water partition coefficient (Wildman–Crippen LogP) is 2.56. The molecule has 0 spiro atoms. The van der Waals surface area contributed by atoms with Crippen molar-refractivity contribution in [1.82, 2.24) is 10.3 Å². The lowest BCUT2D eigenvalue weighted by Crippen LogP contribution is -2.40. The van der Waals surface area contributed by atoms with Crippen LogP contribution in [0.4, 0.5) is 0 Å². The molecule has 1 aromatic carbocycles. The van der Waals surface area contributed by atoms with Crippen molar-refractivity contribution >= 4 is 23.2 Å². The fourth-order valence-corrected chi connectivity index (χ4v) is 3.26. The highest BCUT2D eigenvalue weighted by molar-refractivity contribution is 7.13. The molecule has 0 radical (unpaired) electrons. The van der Waals surface area contributed by atoms with Crippen LogP contribution in [0.15, 0.2) is 23.6 Å². The van der Waals surface area contributed by atoms with E-state index >= 15 is 0 Å². The van der Waals surface area contributed by atoms with E-state index in [2.05, 4.69) is 10.3 Å². The molecule has 132 valence electrons. The number of hydrogen-bond donors (Lipinski definition) is 2. The van der Waals surface area contributed by atoms with Gasteiger partial charge in [0.15, 0.2) is 11.5 Å². The number of fused-ring (bicyclic) bond motifs is 1. The van der Waals surface area contributed by atoms with Gasteiger partial charge in [0.25, 0.3) is 5.91 Å². The number of carboxylic acids is 1. The molecule has 1 aromatic heterocycles. The Kier molecular flexibility index (Phi) is 5.18. The molecule has 0 saturated heterocycles. The molecule has 25 heavy (non-hydrogen) atoms. The van der Waals surface area contributed by atoms with Gasteiger partial charge in [-0.2, -0.15) is 0 Å². The Morgan fingerprint density at radius 3 is 2.80 bits per heavy atom. The van der Waals surface area contributed by atoms with E-state index in [-0.39, 0.29) is 5.69 Å². The third-order valence-corrected chi connectivity index (χ3v) is 4.60. The zero-order chi connectivity index (χ0) is 17.8. The van der Waals surface area contributed by atoms with Crippen molar-refractivity contribution < 1.29 is 24.2 Å². The third kappa shape index (κ3) is 3.90. The third-order valence-electron chi connectivity index (χ3n) is 3.71. The van der Waals surface area contributed by atoms with Gasteiger partial charge < -0.3 is 19.9 Å². The molecule has 7 nitrogen and oxygen atoms in total. The zero-order valence-electron chi connectivity index (χ0n) is 13.7. The van der Waals surface area contributed by atoms with Crippen molar-refractivity contribution in [3.8, 4) is 22.1 Å². The maximum absolute atomic E-state index is 12.2. The Morgan fingerprint density at radius 1 is 1.32 bits per heavy atom. The molecule has 2 aromatic rings. The van der Waals surface area contributed by atoms with Gasteiger partial charge in [-0.25, -0.2) is 9.78 Å². The van der Waals surface area contributed by atoms with Crippen LogP contribution >= 0.6 is 11.3 Å². The van der Waals surface area contributed by atoms with E-state index in [0.29, 0.717) is 42.6 Å². The van der Waals surface area contributed by atoms with Crippen molar-refractivity contribution in [3.05, 3.63) is 29.3 Å². The first-order valence-electron chi connectivity index (χ1n) is 7.97. The van der Waals surface area contributed by atoms with E-state index in [0.717, 1.165) is 5.56 Å². The summed E-state index contributed by atoms with van der Waals surface area (Å²) in [4.78, 5) is 27.7. The van der Waals surface area contributed by atoms with Crippen LogP contribution in [-0.4, -0.2) is 41.2 Å². The number of amides is 1. The number of nitrogens with one attached hydrogen (secondary N) is 1. The van der Waals surface area contributed by atoms with Crippen molar-refractivity contribution in [3.63, 3.8) is 0 Å². The summed E-state index contributed by atoms with van der Waals surface area (Å²) in [5.74, 6) is -0.189. The normalized spacial score (nSPS) is 14.0. The van der Waals surface area contributed by atoms with Crippen LogP contribution in [0.5, 0.6) is 11.5 Å². The molecule has 3 rings (SSSR count). The van der Waals surface area contributed by atoms with Crippen molar-refractivity contribution in [2.24, 2.45) is 0 Å². The number of carboxylic acid groups (broad SMARTS) is 1. The van der Waals surface area contributed by atoms with Crippen LogP contribution in [0.1, 0.15) is 30.3 Å². The van der Waals surface area contributed by atoms with Crippen molar-refractivity contribution in [2.75, 3.05) is 13.2 Å². The number of aliphatic carboxylic acids is 1. The molecular formula is C17H18N2O5S. The molecular weight excluding hydrogens is 344 g/mol. The number of thiazole rings is 1. The molecule has 1 aliphatic heterocycles. The fraction of sp³-hybridized carbons (Fsp3) is 0.353. The number of carbonyl (C=O) groups excluding carboxylic acids is 1. The summed E-state index contributed by atoms with van der Waals surface area (Å²) in [6.45, 7) is 2.89. The van der Waals surface area contributed by atoms with E-state index in [9.17, 15) is 9.59 Å². The number of aromatic nitrogens is 1. The van der Waals surface area contributed by atoms with E-state index < -0.39 is 17.9 Å². The summed E-state index contributed by atoms with van der Waals surface area (Å²) in [6, 6.07) is 4.58. The molecule has 0 aliphatic carbocycles. The minimum absolute atomic E-state index is 0.206. The molecule has 2 heterocycles. The van der Waals surface area contributed by atoms with Gasteiger partial charge in [0.1, 0.15) is 30.0 Å². The Labute approximate surface area is 148 Å². The SMILES string of the molecule is CCCC(NC(=O)c1csc(-c2ccc3c(c2)OCCO3)n1)C(=O)O. The van der Waals surface area contributed by atoms with Gasteiger partial charge in [-0.15, -0.1) is 11.3 Å². The largest absolute Gasteiger partial charge is 0.486 e. The number of ether oxygens (including phenoxy) is 2. The second kappa shape index (κ2) is 7.52. The van der Waals surface area contributed by atoms with Crippen LogP contribution in [0.25, 0.3) is 10.6 Å². The zero-order valence-corrected chi connectivity index (χ0v) is 14.5. The number of rotatable bonds is 6. The van der Waals surface area contributed by atoms with E-state index in [1.54, 1.807) is 5.38 Å². The Morgan fingerprint density at radius 2 is 2.08 bits per heavy atom. The minimum Gasteiger partial charge on any atom is -0.486 e. The fourth-order valence-electron chi connectivity index (χ4n) is 2.47. The van der Waals surface area contributed by atoms with Crippen LogP contribution in [0.2, 0.25) is 0 Å². The number of carbonyl (C=O) groups is 2. The standard InChI is InChI=1S/C17H18N2O5S/c1-2-3-11(17(21)22)18-15(20)12-9-25-16(19-12)10-4-5-13-14(8-10)24-7-6-23-13/h4-5,8-9,11H,2-3,6-7H2,1H3,(H,18,20)(H,21,22). The van der Waals surface area contributed by atoms with E-state index in [1.165, 1.54) is 11.3 Å². The van der Waals surface area contributed by atoms with Gasteiger partial charge in [-0.05, 0) is 24.6 Å². The molecule has 1 unspecified atom stereocenters. The summed E-state index contributed by atoms with van der Waals surface area (Å²) in [5.41, 5.74) is 1.02. The lowest BCUT2D eigenvalue weighted by Gasteiger charge is -2.18. The van der Waals surface area contributed by atoms with Gasteiger partial charge in [0.2, 0.25) is 0 Å². The van der Waals surface area contributed by atoms with Gasteiger partial charge >= 0.3 is 5.97 Å². The first-order chi connectivity index (χ1) is 12.1. The quantitative estimate of drug-likeness (QED) is 0.820. The highest BCUT2D eigenvalue weighted by Crippen LogP contribution is 2.35. The number of nitrogens with zero attached hydrogens (tertiary/aromatic N) is 1. The first kappa shape index (κ1) is 17.2. The number of benzene rings is 1. The van der Waals surface area contributed by atoms with E-state index in [1.807, 2.05) is 25.1 Å². The molecule has 1 amide bonds. The molecule has 0 saturated carbocycles. The maximum atomic E-state index is 12.2. The molecule has 8 heteroatoms. The summed E-state index contributed by atoms with van der Waals surface area (Å²) in [6.07, 6.45) is 1.04. The maximum Gasteiger partial charge on any atom is 0.326 e. The van der Waals surface area contributed by atoms with Gasteiger partial charge in [-0.3, -0.25) is 4.79 Å². The Hall–Kier alpha value is -2.61. The van der Waals surface area contributed by atoms with Gasteiger partial charge in [0, 0.05) is 10.9 Å². The van der Waals surface area contributed by atoms with Crippen LogP contribution < -0.4 is 14.8 Å². The van der Waals surface area contributed by atoms with Gasteiger partial charge in [-0.1, -0.05) is 13.3 Å².